The molecular weight excluding hydrogens is 430 g/mol. The van der Waals surface area contributed by atoms with Gasteiger partial charge in [0.05, 0.1) is 27.8 Å². The highest BCUT2D eigenvalue weighted by Crippen LogP contribution is 2.30. The average molecular weight is 448 g/mol. The Bertz CT molecular complexity index is 1160. The lowest BCUT2D eigenvalue weighted by atomic mass is 10.2. The molecule has 1 aromatic heterocycles. The second kappa shape index (κ2) is 8.77. The van der Waals surface area contributed by atoms with Crippen molar-refractivity contribution >= 4 is 49.7 Å². The van der Waals surface area contributed by atoms with E-state index in [0.29, 0.717) is 15.8 Å². The van der Waals surface area contributed by atoms with E-state index < -0.39 is 15.9 Å². The molecule has 0 saturated carbocycles. The van der Waals surface area contributed by atoms with Crippen molar-refractivity contribution < 1.29 is 13.2 Å². The van der Waals surface area contributed by atoms with Crippen LogP contribution < -0.4 is 9.62 Å². The average Bonchev–Trinajstić information content (AvgIpc) is 3.11. The summed E-state index contributed by atoms with van der Waals surface area (Å²) in [5.41, 5.74) is 1.33. The molecule has 150 valence electrons. The Morgan fingerprint density at radius 2 is 2.03 bits per heavy atom. The number of hydrogen-bond acceptors (Lipinski definition) is 5. The molecule has 0 unspecified atom stereocenters. The van der Waals surface area contributed by atoms with Gasteiger partial charge in [0.25, 0.3) is 15.9 Å². The fraction of sp³-hybridized carbons (Fsp3) is 0.100. The number of thiazole rings is 1. The molecule has 1 N–H and O–H groups in total. The molecule has 0 aliphatic carbocycles. The first-order valence-electron chi connectivity index (χ1n) is 8.54. The minimum atomic E-state index is -3.98. The van der Waals surface area contributed by atoms with Gasteiger partial charge in [-0.15, -0.1) is 17.9 Å². The van der Waals surface area contributed by atoms with Crippen LogP contribution in [0.5, 0.6) is 0 Å². The van der Waals surface area contributed by atoms with Crippen LogP contribution in [-0.4, -0.2) is 25.9 Å². The topological polar surface area (TPSA) is 79.4 Å². The molecule has 1 amide bonds. The van der Waals surface area contributed by atoms with Crippen LogP contribution >= 0.6 is 22.9 Å². The van der Waals surface area contributed by atoms with E-state index in [1.807, 2.05) is 12.3 Å². The first-order valence-corrected chi connectivity index (χ1v) is 11.2. The number of carbonyl (C=O) groups excluding carboxylic acids is 1. The Hall–Kier alpha value is -2.68. The van der Waals surface area contributed by atoms with Gasteiger partial charge in [0.1, 0.15) is 0 Å². The summed E-state index contributed by atoms with van der Waals surface area (Å²) in [6, 6.07) is 12.5. The Kier molecular flexibility index (Phi) is 6.36. The van der Waals surface area contributed by atoms with Gasteiger partial charge in [-0.25, -0.2) is 13.4 Å². The standard InChI is InChI=1S/C20H18ClN3O3S2/c1-3-11-24(18-10-5-4-9-17(18)21)29(26,27)16-8-6-7-15(12-16)19(25)23-20-22-14(2)13-28-20/h3-10,12-13H,1,11H2,2H3,(H,22,23,25). The van der Waals surface area contributed by atoms with Gasteiger partial charge in [-0.3, -0.25) is 14.4 Å². The van der Waals surface area contributed by atoms with Crippen molar-refractivity contribution in [3.8, 4) is 0 Å². The summed E-state index contributed by atoms with van der Waals surface area (Å²) in [6.45, 7) is 5.49. The van der Waals surface area contributed by atoms with Gasteiger partial charge in [0.2, 0.25) is 0 Å². The van der Waals surface area contributed by atoms with Crippen LogP contribution in [0.4, 0.5) is 10.8 Å². The molecule has 0 bridgehead atoms. The van der Waals surface area contributed by atoms with E-state index >= 15 is 0 Å². The second-order valence-corrected chi connectivity index (χ2v) is 9.18. The molecule has 2 aromatic carbocycles. The molecule has 0 saturated heterocycles. The molecule has 29 heavy (non-hydrogen) atoms. The van der Waals surface area contributed by atoms with Gasteiger partial charge in [-0.05, 0) is 37.3 Å². The fourth-order valence-corrected chi connectivity index (χ4v) is 5.07. The third kappa shape index (κ3) is 4.67. The fourth-order valence-electron chi connectivity index (χ4n) is 2.60. The highest BCUT2D eigenvalue weighted by atomic mass is 35.5. The van der Waals surface area contributed by atoms with Crippen molar-refractivity contribution in [1.82, 2.24) is 4.98 Å². The lowest BCUT2D eigenvalue weighted by Gasteiger charge is -2.24. The van der Waals surface area contributed by atoms with Crippen LogP contribution in [0.15, 0.2) is 71.5 Å². The Morgan fingerprint density at radius 3 is 2.69 bits per heavy atom. The molecule has 0 aliphatic heterocycles. The zero-order valence-corrected chi connectivity index (χ0v) is 17.9. The number of rotatable bonds is 7. The van der Waals surface area contributed by atoms with Gasteiger partial charge >= 0.3 is 0 Å². The molecule has 1 heterocycles. The SMILES string of the molecule is C=CCN(c1ccccc1Cl)S(=O)(=O)c1cccc(C(=O)Nc2nc(C)cs2)c1. The first-order chi connectivity index (χ1) is 13.8. The number of sulfonamides is 1. The Morgan fingerprint density at radius 1 is 1.28 bits per heavy atom. The van der Waals surface area contributed by atoms with E-state index in [0.717, 1.165) is 10.00 Å². The molecular formula is C20H18ClN3O3S2. The van der Waals surface area contributed by atoms with Crippen LogP contribution in [0, 0.1) is 6.92 Å². The number of aryl methyl sites for hydroxylation is 1. The van der Waals surface area contributed by atoms with Gasteiger partial charge in [0, 0.05) is 10.9 Å². The van der Waals surface area contributed by atoms with Crippen LogP contribution in [0.25, 0.3) is 0 Å². The number of benzene rings is 2. The van der Waals surface area contributed by atoms with Crippen LogP contribution in [0.2, 0.25) is 5.02 Å². The van der Waals surface area contributed by atoms with Crippen molar-refractivity contribution in [2.75, 3.05) is 16.2 Å². The van der Waals surface area contributed by atoms with Gasteiger partial charge in [0.15, 0.2) is 5.13 Å². The summed E-state index contributed by atoms with van der Waals surface area (Å²) in [5, 5.41) is 5.23. The Labute approximate surface area is 178 Å². The zero-order valence-electron chi connectivity index (χ0n) is 15.5. The lowest BCUT2D eigenvalue weighted by molar-refractivity contribution is 0.102. The van der Waals surface area contributed by atoms with Crippen LogP contribution in [0.3, 0.4) is 0 Å². The summed E-state index contributed by atoms with van der Waals surface area (Å²) in [4.78, 5) is 16.7. The highest BCUT2D eigenvalue weighted by Gasteiger charge is 2.26. The summed E-state index contributed by atoms with van der Waals surface area (Å²) in [6.07, 6.45) is 1.47. The molecule has 0 aliphatic rings. The van der Waals surface area contributed by atoms with E-state index in [1.165, 1.54) is 35.6 Å². The third-order valence-corrected chi connectivity index (χ3v) is 6.91. The van der Waals surface area contributed by atoms with Crippen LogP contribution in [-0.2, 0) is 10.0 Å². The number of amides is 1. The van der Waals surface area contributed by atoms with E-state index in [2.05, 4.69) is 16.9 Å². The largest absolute Gasteiger partial charge is 0.298 e. The predicted molar refractivity (Wildman–Crippen MR) is 117 cm³/mol. The first kappa shape index (κ1) is 21.0. The quantitative estimate of drug-likeness (QED) is 0.530. The molecule has 0 fully saturated rings. The summed E-state index contributed by atoms with van der Waals surface area (Å²) >= 11 is 7.51. The number of halogens is 1. The minimum Gasteiger partial charge on any atom is -0.298 e. The summed E-state index contributed by atoms with van der Waals surface area (Å²) in [5.74, 6) is -0.440. The smallest absolute Gasteiger partial charge is 0.264 e. The van der Waals surface area contributed by atoms with Gasteiger partial charge in [-0.1, -0.05) is 35.9 Å². The number of carbonyl (C=O) groups is 1. The molecule has 0 spiro atoms. The highest BCUT2D eigenvalue weighted by molar-refractivity contribution is 7.92. The van der Waals surface area contributed by atoms with Crippen molar-refractivity contribution in [2.24, 2.45) is 0 Å². The summed E-state index contributed by atoms with van der Waals surface area (Å²) in [7, 11) is -3.98. The van der Waals surface area contributed by atoms with E-state index in [9.17, 15) is 13.2 Å². The number of nitrogens with one attached hydrogen (secondary N) is 1. The van der Waals surface area contributed by atoms with Crippen molar-refractivity contribution in [1.29, 1.82) is 0 Å². The van der Waals surface area contributed by atoms with Gasteiger partial charge in [-0.2, -0.15) is 0 Å². The maximum atomic E-state index is 13.3. The molecule has 0 atom stereocenters. The number of aromatic nitrogens is 1. The zero-order chi connectivity index (χ0) is 21.0. The molecule has 9 heteroatoms. The summed E-state index contributed by atoms with van der Waals surface area (Å²) < 4.78 is 27.7. The van der Waals surface area contributed by atoms with Crippen LogP contribution in [0.1, 0.15) is 16.1 Å². The number of nitrogens with zero attached hydrogens (tertiary/aromatic N) is 2. The maximum absolute atomic E-state index is 13.3. The van der Waals surface area contributed by atoms with Crippen molar-refractivity contribution in [2.45, 2.75) is 11.8 Å². The van der Waals surface area contributed by atoms with Crippen molar-refractivity contribution in [3.63, 3.8) is 0 Å². The molecule has 6 nitrogen and oxygen atoms in total. The Balaban J connectivity index is 1.96. The normalized spacial score (nSPS) is 11.1. The monoisotopic (exact) mass is 447 g/mol. The van der Waals surface area contributed by atoms with E-state index in [-0.39, 0.29) is 17.0 Å². The third-order valence-electron chi connectivity index (χ3n) is 3.94. The van der Waals surface area contributed by atoms with E-state index in [1.54, 1.807) is 30.3 Å². The number of hydrogen-bond donors (Lipinski definition) is 1. The van der Waals surface area contributed by atoms with Crippen molar-refractivity contribution in [3.05, 3.63) is 82.8 Å². The minimum absolute atomic E-state index is 0.0257. The second-order valence-electron chi connectivity index (χ2n) is 6.05. The predicted octanol–water partition coefficient (Wildman–Crippen LogP) is 4.74. The maximum Gasteiger partial charge on any atom is 0.264 e. The molecule has 3 aromatic rings. The lowest BCUT2D eigenvalue weighted by Crippen LogP contribution is -2.31. The van der Waals surface area contributed by atoms with E-state index in [4.69, 9.17) is 11.6 Å². The van der Waals surface area contributed by atoms with Gasteiger partial charge < -0.3 is 0 Å². The number of para-hydroxylation sites is 1. The number of anilines is 2. The molecule has 0 radical (unpaired) electrons. The molecule has 3 rings (SSSR count).